The van der Waals surface area contributed by atoms with Crippen molar-refractivity contribution in [2.45, 2.75) is 75.1 Å². The van der Waals surface area contributed by atoms with Crippen LogP contribution in [0.1, 0.15) is 50.8 Å². The molecule has 2 aliphatic heterocycles. The van der Waals surface area contributed by atoms with Gasteiger partial charge in [0.15, 0.2) is 9.84 Å². The Labute approximate surface area is 235 Å². The van der Waals surface area contributed by atoms with Gasteiger partial charge in [-0.1, -0.05) is 24.3 Å². The van der Waals surface area contributed by atoms with Crippen LogP contribution in [0, 0.1) is 12.7 Å². The van der Waals surface area contributed by atoms with E-state index < -0.39 is 21.3 Å². The van der Waals surface area contributed by atoms with E-state index in [0.29, 0.717) is 35.7 Å². The second-order valence-electron chi connectivity index (χ2n) is 12.0. The van der Waals surface area contributed by atoms with E-state index in [1.165, 1.54) is 12.3 Å². The number of hydrogen-bond acceptors (Lipinski definition) is 5. The molecule has 3 atom stereocenters. The van der Waals surface area contributed by atoms with Crippen LogP contribution >= 0.6 is 0 Å². The third-order valence-electron chi connectivity index (χ3n) is 8.99. The Bertz CT molecular complexity index is 1710. The molecule has 1 unspecified atom stereocenters. The Balaban J connectivity index is 1.34. The molecule has 2 aromatic heterocycles. The van der Waals surface area contributed by atoms with Crippen molar-refractivity contribution in [1.29, 1.82) is 0 Å². The predicted octanol–water partition coefficient (Wildman–Crippen LogP) is 5.98. The van der Waals surface area contributed by atoms with Crippen LogP contribution in [-0.2, 0) is 22.5 Å². The molecule has 2 aliphatic rings. The zero-order valence-electron chi connectivity index (χ0n) is 23.6. The van der Waals surface area contributed by atoms with Crippen LogP contribution in [0.5, 0.6) is 0 Å². The molecule has 40 heavy (non-hydrogen) atoms. The fourth-order valence-corrected chi connectivity index (χ4v) is 7.79. The summed E-state index contributed by atoms with van der Waals surface area (Å²) in [6.45, 7) is 6.33. The van der Waals surface area contributed by atoms with E-state index in [-0.39, 0.29) is 17.0 Å². The van der Waals surface area contributed by atoms with Crippen LogP contribution in [0.3, 0.4) is 0 Å². The lowest BCUT2D eigenvalue weighted by Crippen LogP contribution is -2.52. The van der Waals surface area contributed by atoms with E-state index in [4.69, 9.17) is 4.98 Å². The number of pyridine rings is 1. The van der Waals surface area contributed by atoms with Gasteiger partial charge in [-0.15, -0.1) is 0 Å². The van der Waals surface area contributed by atoms with Gasteiger partial charge in [0.05, 0.1) is 21.7 Å². The SMILES string of the molecule is Cc1nc(-c2ccc(C3(O)C[C@H]4CC[C@@H](C3)N4C(C)C)c(F)c2)cc2c1cc(-c1ccc(S(C)(=O)=O)cc1)n2C. The van der Waals surface area contributed by atoms with Crippen LogP contribution in [0.15, 0.2) is 59.5 Å². The van der Waals surface area contributed by atoms with Gasteiger partial charge >= 0.3 is 0 Å². The predicted molar refractivity (Wildman–Crippen MR) is 156 cm³/mol. The molecule has 1 N–H and O–H groups in total. The van der Waals surface area contributed by atoms with Gasteiger partial charge in [0.25, 0.3) is 0 Å². The minimum atomic E-state index is -3.27. The van der Waals surface area contributed by atoms with Gasteiger partial charge in [-0.25, -0.2) is 12.8 Å². The van der Waals surface area contributed by atoms with Crippen molar-refractivity contribution in [2.75, 3.05) is 6.26 Å². The first-order chi connectivity index (χ1) is 18.9. The highest BCUT2D eigenvalue weighted by Gasteiger charge is 2.49. The van der Waals surface area contributed by atoms with Gasteiger partial charge in [0, 0.05) is 59.3 Å². The van der Waals surface area contributed by atoms with E-state index >= 15 is 4.39 Å². The van der Waals surface area contributed by atoms with Crippen molar-refractivity contribution in [3.05, 3.63) is 71.7 Å². The van der Waals surface area contributed by atoms with Gasteiger partial charge in [-0.2, -0.15) is 0 Å². The molecular weight excluding hydrogens is 525 g/mol. The zero-order chi connectivity index (χ0) is 28.6. The third-order valence-corrected chi connectivity index (χ3v) is 10.1. The molecule has 4 aromatic rings. The molecule has 0 amide bonds. The monoisotopic (exact) mass is 561 g/mol. The molecule has 2 fully saturated rings. The number of aliphatic hydroxyl groups is 1. The van der Waals surface area contributed by atoms with Gasteiger partial charge < -0.3 is 9.67 Å². The van der Waals surface area contributed by atoms with E-state index in [1.807, 2.05) is 44.3 Å². The molecule has 0 radical (unpaired) electrons. The molecule has 210 valence electrons. The molecule has 0 saturated carbocycles. The van der Waals surface area contributed by atoms with E-state index in [1.54, 1.807) is 18.2 Å². The van der Waals surface area contributed by atoms with Gasteiger partial charge in [-0.05, 0) is 82.3 Å². The lowest BCUT2D eigenvalue weighted by molar-refractivity contribution is -0.0674. The summed E-state index contributed by atoms with van der Waals surface area (Å²) in [7, 11) is -1.31. The largest absolute Gasteiger partial charge is 0.385 e. The van der Waals surface area contributed by atoms with Crippen LogP contribution in [0.25, 0.3) is 33.4 Å². The topological polar surface area (TPSA) is 75.4 Å². The Morgan fingerprint density at radius 1 is 1.00 bits per heavy atom. The number of hydrogen-bond donors (Lipinski definition) is 1. The Morgan fingerprint density at radius 2 is 1.62 bits per heavy atom. The smallest absolute Gasteiger partial charge is 0.175 e. The first-order valence-corrected chi connectivity index (χ1v) is 15.8. The van der Waals surface area contributed by atoms with Crippen molar-refractivity contribution < 1.29 is 17.9 Å². The fourth-order valence-electron chi connectivity index (χ4n) is 7.16. The minimum Gasteiger partial charge on any atom is -0.385 e. The number of rotatable bonds is 5. The fraction of sp³-hybridized carbons (Fsp3) is 0.406. The first kappa shape index (κ1) is 27.1. The number of aryl methyl sites for hydroxylation is 2. The molecule has 4 heterocycles. The third kappa shape index (κ3) is 4.46. The summed E-state index contributed by atoms with van der Waals surface area (Å²) in [4.78, 5) is 7.58. The molecule has 6 rings (SSSR count). The lowest BCUT2D eigenvalue weighted by atomic mass is 9.79. The summed E-state index contributed by atoms with van der Waals surface area (Å²) in [6.07, 6.45) is 4.41. The van der Waals surface area contributed by atoms with Gasteiger partial charge in [0.2, 0.25) is 0 Å². The number of aromatic nitrogens is 2. The number of piperidine rings is 1. The van der Waals surface area contributed by atoms with Crippen molar-refractivity contribution in [3.8, 4) is 22.5 Å². The molecule has 2 bridgehead atoms. The highest BCUT2D eigenvalue weighted by atomic mass is 32.2. The maximum Gasteiger partial charge on any atom is 0.175 e. The molecule has 2 saturated heterocycles. The van der Waals surface area contributed by atoms with E-state index in [9.17, 15) is 13.5 Å². The second-order valence-corrected chi connectivity index (χ2v) is 14.0. The molecular formula is C32H36FN3O3S. The summed E-state index contributed by atoms with van der Waals surface area (Å²) >= 11 is 0. The quantitative estimate of drug-likeness (QED) is 0.324. The number of nitrogens with zero attached hydrogens (tertiary/aromatic N) is 3. The lowest BCUT2D eigenvalue weighted by Gasteiger charge is -2.46. The minimum absolute atomic E-state index is 0.281. The Hall–Kier alpha value is -3.07. The average molecular weight is 562 g/mol. The normalized spacial score (nSPS) is 23.4. The van der Waals surface area contributed by atoms with Gasteiger partial charge in [-0.3, -0.25) is 9.88 Å². The number of sulfone groups is 1. The van der Waals surface area contributed by atoms with Crippen LogP contribution in [-0.4, -0.2) is 52.4 Å². The zero-order valence-corrected chi connectivity index (χ0v) is 24.5. The summed E-state index contributed by atoms with van der Waals surface area (Å²) in [5.41, 5.74) is 4.15. The standard InChI is InChI=1S/C32H36FN3O3S/c1-19(2)36-23-9-10-24(36)18-32(37,17-23)27-13-8-22(14-28(27)33)29-16-31-26(20(3)34-29)15-30(35(31)4)21-6-11-25(12-7-21)40(5,38)39/h6-8,11-16,19,23-24,37H,9-10,17-18H2,1-5H3/t23-,24+,32?. The van der Waals surface area contributed by atoms with Crippen LogP contribution < -0.4 is 0 Å². The highest BCUT2D eigenvalue weighted by Crippen LogP contribution is 2.47. The molecule has 8 heteroatoms. The number of fused-ring (bicyclic) bond motifs is 3. The average Bonchev–Trinajstić information content (AvgIpc) is 3.38. The Morgan fingerprint density at radius 3 is 2.20 bits per heavy atom. The van der Waals surface area contributed by atoms with Crippen LogP contribution in [0.2, 0.25) is 0 Å². The number of halogens is 1. The molecule has 6 nitrogen and oxygen atoms in total. The maximum absolute atomic E-state index is 15.7. The molecule has 0 spiro atoms. The molecule has 0 aliphatic carbocycles. The second kappa shape index (κ2) is 9.50. The van der Waals surface area contributed by atoms with Crippen molar-refractivity contribution in [1.82, 2.24) is 14.5 Å². The number of benzene rings is 2. The maximum atomic E-state index is 15.7. The van der Waals surface area contributed by atoms with Gasteiger partial charge in [0.1, 0.15) is 5.82 Å². The summed E-state index contributed by atoms with van der Waals surface area (Å²) in [6, 6.07) is 17.0. The van der Waals surface area contributed by atoms with Crippen molar-refractivity contribution in [3.63, 3.8) is 0 Å². The summed E-state index contributed by atoms with van der Waals surface area (Å²) in [5, 5.41) is 12.6. The van der Waals surface area contributed by atoms with E-state index in [2.05, 4.69) is 23.3 Å². The van der Waals surface area contributed by atoms with E-state index in [0.717, 1.165) is 40.7 Å². The van der Waals surface area contributed by atoms with Crippen molar-refractivity contribution >= 4 is 20.7 Å². The first-order valence-electron chi connectivity index (χ1n) is 13.9. The summed E-state index contributed by atoms with van der Waals surface area (Å²) in [5.74, 6) is -0.393. The Kier molecular flexibility index (Phi) is 6.44. The summed E-state index contributed by atoms with van der Waals surface area (Å²) < 4.78 is 41.5. The molecule has 2 aromatic carbocycles. The van der Waals surface area contributed by atoms with Crippen molar-refractivity contribution in [2.24, 2.45) is 7.05 Å². The highest BCUT2D eigenvalue weighted by molar-refractivity contribution is 7.90. The van der Waals surface area contributed by atoms with Crippen LogP contribution in [0.4, 0.5) is 4.39 Å².